The van der Waals surface area contributed by atoms with Crippen molar-refractivity contribution in [1.82, 2.24) is 29.3 Å². The lowest BCUT2D eigenvalue weighted by molar-refractivity contribution is 0.395. The standard InChI is InChI=1S/C24H28N8O3/c1-35-20-13-31(17-6-7-17)24(34)32(22(20)33)18-8-9-21(25-11-18)27-15-4-5-16(10-15)28-23-26-12-19(29-30-23)14-2-3-14/h8-9,11-17H,2-7,10H2,1H3,(H,25,27)(H,26,28,30)/t15-,16-/m0/s1. The molecule has 182 valence electrons. The number of nitrogens with zero attached hydrogens (tertiary/aromatic N) is 6. The summed E-state index contributed by atoms with van der Waals surface area (Å²) < 4.78 is 7.93. The number of nitrogens with one attached hydrogen (secondary N) is 2. The first-order chi connectivity index (χ1) is 17.1. The van der Waals surface area contributed by atoms with Gasteiger partial charge in [0.05, 0.1) is 37.1 Å². The summed E-state index contributed by atoms with van der Waals surface area (Å²) in [5.74, 6) is 1.96. The van der Waals surface area contributed by atoms with Crippen LogP contribution >= 0.6 is 0 Å². The van der Waals surface area contributed by atoms with Crippen LogP contribution in [0.5, 0.6) is 5.75 Å². The molecule has 0 unspecified atom stereocenters. The van der Waals surface area contributed by atoms with Gasteiger partial charge in [-0.2, -0.15) is 0 Å². The van der Waals surface area contributed by atoms with E-state index in [0.29, 0.717) is 23.4 Å². The number of pyridine rings is 1. The molecule has 3 aliphatic carbocycles. The summed E-state index contributed by atoms with van der Waals surface area (Å²) in [5.41, 5.74) is 0.554. The topological polar surface area (TPSA) is 129 Å². The zero-order valence-electron chi connectivity index (χ0n) is 19.6. The van der Waals surface area contributed by atoms with Crippen molar-refractivity contribution < 1.29 is 4.74 Å². The summed E-state index contributed by atoms with van der Waals surface area (Å²) in [6.45, 7) is 0. The molecule has 3 heterocycles. The van der Waals surface area contributed by atoms with E-state index < -0.39 is 5.56 Å². The Morgan fingerprint density at radius 1 is 0.943 bits per heavy atom. The number of anilines is 2. The van der Waals surface area contributed by atoms with Gasteiger partial charge in [-0.3, -0.25) is 9.36 Å². The molecule has 3 saturated carbocycles. The number of hydrogen-bond donors (Lipinski definition) is 2. The lowest BCUT2D eigenvalue weighted by Gasteiger charge is -2.16. The highest BCUT2D eigenvalue weighted by molar-refractivity contribution is 5.42. The highest BCUT2D eigenvalue weighted by Crippen LogP contribution is 2.38. The van der Waals surface area contributed by atoms with Gasteiger partial charge in [0.2, 0.25) is 11.7 Å². The highest BCUT2D eigenvalue weighted by Gasteiger charge is 2.29. The van der Waals surface area contributed by atoms with Crippen LogP contribution in [0.25, 0.3) is 5.69 Å². The van der Waals surface area contributed by atoms with Crippen molar-refractivity contribution in [2.75, 3.05) is 17.7 Å². The van der Waals surface area contributed by atoms with Gasteiger partial charge in [-0.15, -0.1) is 10.2 Å². The maximum Gasteiger partial charge on any atom is 0.336 e. The van der Waals surface area contributed by atoms with Gasteiger partial charge >= 0.3 is 11.2 Å². The number of methoxy groups -OCH3 is 1. The van der Waals surface area contributed by atoms with Gasteiger partial charge in [0, 0.05) is 24.0 Å². The molecule has 6 rings (SSSR count). The molecule has 35 heavy (non-hydrogen) atoms. The summed E-state index contributed by atoms with van der Waals surface area (Å²) >= 11 is 0. The van der Waals surface area contributed by atoms with Gasteiger partial charge in [-0.25, -0.2) is 19.3 Å². The molecule has 3 aliphatic rings. The van der Waals surface area contributed by atoms with Crippen molar-refractivity contribution in [3.8, 4) is 11.4 Å². The number of hydrogen-bond acceptors (Lipinski definition) is 9. The molecule has 0 amide bonds. The minimum atomic E-state index is -0.483. The van der Waals surface area contributed by atoms with Crippen LogP contribution < -0.4 is 26.6 Å². The molecule has 0 spiro atoms. The van der Waals surface area contributed by atoms with Crippen LogP contribution in [0.1, 0.15) is 62.6 Å². The van der Waals surface area contributed by atoms with Crippen LogP contribution in [-0.2, 0) is 0 Å². The van der Waals surface area contributed by atoms with Crippen LogP contribution in [0.4, 0.5) is 11.8 Å². The van der Waals surface area contributed by atoms with Crippen LogP contribution in [0.15, 0.2) is 40.3 Å². The van der Waals surface area contributed by atoms with E-state index in [1.54, 1.807) is 22.9 Å². The van der Waals surface area contributed by atoms with E-state index in [1.807, 2.05) is 6.20 Å². The second-order valence-electron chi connectivity index (χ2n) is 9.64. The van der Waals surface area contributed by atoms with Gasteiger partial charge in [0.1, 0.15) is 5.82 Å². The molecule has 11 nitrogen and oxygen atoms in total. The van der Waals surface area contributed by atoms with E-state index in [0.717, 1.165) is 42.4 Å². The fourth-order valence-corrected chi connectivity index (χ4v) is 4.69. The van der Waals surface area contributed by atoms with E-state index in [4.69, 9.17) is 4.74 Å². The lowest BCUT2D eigenvalue weighted by atomic mass is 10.2. The largest absolute Gasteiger partial charge is 0.490 e. The van der Waals surface area contributed by atoms with Crippen molar-refractivity contribution in [3.63, 3.8) is 0 Å². The maximum atomic E-state index is 12.9. The summed E-state index contributed by atoms with van der Waals surface area (Å²) in [4.78, 5) is 34.6. The normalized spacial score (nSPS) is 21.6. The third kappa shape index (κ3) is 4.50. The Labute approximate surface area is 201 Å². The van der Waals surface area contributed by atoms with E-state index >= 15 is 0 Å². The predicted molar refractivity (Wildman–Crippen MR) is 129 cm³/mol. The van der Waals surface area contributed by atoms with Gasteiger partial charge in [0.25, 0.3) is 0 Å². The average molecular weight is 477 g/mol. The molecule has 2 atom stereocenters. The third-order valence-electron chi connectivity index (χ3n) is 6.94. The Bertz CT molecular complexity index is 1330. The minimum Gasteiger partial charge on any atom is -0.490 e. The van der Waals surface area contributed by atoms with Crippen molar-refractivity contribution in [2.24, 2.45) is 0 Å². The van der Waals surface area contributed by atoms with Gasteiger partial charge < -0.3 is 15.4 Å². The van der Waals surface area contributed by atoms with Crippen molar-refractivity contribution in [1.29, 1.82) is 0 Å². The summed E-state index contributed by atoms with van der Waals surface area (Å²) in [6, 6.07) is 4.17. The second-order valence-corrected chi connectivity index (χ2v) is 9.64. The van der Waals surface area contributed by atoms with Gasteiger partial charge in [-0.05, 0) is 57.1 Å². The smallest absolute Gasteiger partial charge is 0.336 e. The molecular weight excluding hydrogens is 448 g/mol. The van der Waals surface area contributed by atoms with Crippen LogP contribution in [-0.4, -0.2) is 48.5 Å². The Morgan fingerprint density at radius 3 is 2.37 bits per heavy atom. The Morgan fingerprint density at radius 2 is 1.74 bits per heavy atom. The van der Waals surface area contributed by atoms with Crippen LogP contribution in [0.3, 0.4) is 0 Å². The number of rotatable bonds is 8. The fraction of sp³-hybridized carbons (Fsp3) is 0.500. The maximum absolute atomic E-state index is 12.9. The molecule has 0 aromatic carbocycles. The van der Waals surface area contributed by atoms with Crippen molar-refractivity contribution in [3.05, 3.63) is 57.3 Å². The van der Waals surface area contributed by atoms with Gasteiger partial charge in [-0.1, -0.05) is 0 Å². The molecule has 2 N–H and O–H groups in total. The van der Waals surface area contributed by atoms with E-state index in [1.165, 1.54) is 26.1 Å². The monoisotopic (exact) mass is 476 g/mol. The molecular formula is C24H28N8O3. The number of ether oxygens (including phenoxy) is 1. The second kappa shape index (κ2) is 8.79. The zero-order valence-corrected chi connectivity index (χ0v) is 19.6. The third-order valence-corrected chi connectivity index (χ3v) is 6.94. The fourth-order valence-electron chi connectivity index (χ4n) is 4.69. The van der Waals surface area contributed by atoms with Crippen molar-refractivity contribution in [2.45, 2.75) is 69.0 Å². The Balaban J connectivity index is 1.11. The SMILES string of the molecule is COc1cn(C2CC2)c(=O)n(-c2ccc(N[C@H]3CC[C@H](Nc4ncc(C5CC5)nn4)C3)nc2)c1=O. The molecule has 3 aromatic rings. The summed E-state index contributed by atoms with van der Waals surface area (Å²) in [5, 5.41) is 15.4. The lowest BCUT2D eigenvalue weighted by Crippen LogP contribution is -2.38. The first-order valence-corrected chi connectivity index (χ1v) is 12.2. The van der Waals surface area contributed by atoms with Crippen LogP contribution in [0, 0.1) is 0 Å². The van der Waals surface area contributed by atoms with E-state index in [2.05, 4.69) is 30.8 Å². The quantitative estimate of drug-likeness (QED) is 0.503. The van der Waals surface area contributed by atoms with E-state index in [9.17, 15) is 9.59 Å². The van der Waals surface area contributed by atoms with Gasteiger partial charge in [0.15, 0.2) is 0 Å². The van der Waals surface area contributed by atoms with Crippen LogP contribution in [0.2, 0.25) is 0 Å². The number of aromatic nitrogens is 6. The molecule has 11 heteroatoms. The first kappa shape index (κ1) is 21.8. The molecule has 0 aliphatic heterocycles. The zero-order chi connectivity index (χ0) is 23.9. The predicted octanol–water partition coefficient (Wildman–Crippen LogP) is 2.25. The molecule has 0 saturated heterocycles. The van der Waals surface area contributed by atoms with E-state index in [-0.39, 0.29) is 29.6 Å². The Hall–Kier alpha value is -3.76. The molecule has 3 fully saturated rings. The minimum absolute atomic E-state index is 0.124. The Kier molecular flexibility index (Phi) is 5.46. The molecule has 3 aromatic heterocycles. The average Bonchev–Trinajstić information content (AvgIpc) is 3.80. The van der Waals surface area contributed by atoms with Crippen molar-refractivity contribution >= 4 is 11.8 Å². The molecule has 0 radical (unpaired) electrons. The molecule has 0 bridgehead atoms. The first-order valence-electron chi connectivity index (χ1n) is 12.2. The highest BCUT2D eigenvalue weighted by atomic mass is 16.5. The summed E-state index contributed by atoms with van der Waals surface area (Å²) in [6.07, 6.45) is 12.0. The summed E-state index contributed by atoms with van der Waals surface area (Å²) in [7, 11) is 1.43.